The van der Waals surface area contributed by atoms with Crippen molar-refractivity contribution in [1.29, 1.82) is 0 Å². The zero-order valence-corrected chi connectivity index (χ0v) is 22.7. The Hall–Kier alpha value is -1.30. The average Bonchev–Trinajstić information content (AvgIpc) is 2.76. The molecule has 0 aliphatic rings. The Morgan fingerprint density at radius 2 is 1.15 bits per heavy atom. The summed E-state index contributed by atoms with van der Waals surface area (Å²) in [5.41, 5.74) is -1.03. The maximum absolute atomic E-state index is 12.3. The van der Waals surface area contributed by atoms with Crippen LogP contribution in [0.15, 0.2) is 24.3 Å². The molecule has 0 saturated carbocycles. The molecule has 8 radical (unpaired) electrons. The predicted octanol–water partition coefficient (Wildman–Crippen LogP) is 8.49. The quantitative estimate of drug-likeness (QED) is 0.192. The Labute approximate surface area is 213 Å². The first-order valence-electron chi connectivity index (χ1n) is 10.2. The summed E-state index contributed by atoms with van der Waals surface area (Å²) in [5, 5.41) is 0. The molecule has 0 bridgehead atoms. The first-order chi connectivity index (χ1) is 14.8. The summed E-state index contributed by atoms with van der Waals surface area (Å²) >= 11 is 0. The fraction of sp³-hybridized carbons (Fsp3) is 0.480. The molecule has 186 valence electrons. The van der Waals surface area contributed by atoms with Crippen LogP contribution in [0.25, 0.3) is 5.57 Å². The number of hydrogen-bond donors (Lipinski definition) is 0. The number of alkyl halides is 6. The Kier molecular flexibility index (Phi) is 28.1. The van der Waals surface area contributed by atoms with E-state index in [4.69, 9.17) is 4.74 Å². The third-order valence-corrected chi connectivity index (χ3v) is 3.04. The summed E-state index contributed by atoms with van der Waals surface area (Å²) < 4.78 is 77.5. The largest absolute Gasteiger partial charge is 0.497 e. The summed E-state index contributed by atoms with van der Waals surface area (Å²) in [6.07, 6.45) is -1.96. The van der Waals surface area contributed by atoms with Gasteiger partial charge in [-0.2, -0.15) is 26.3 Å². The second-order valence-corrected chi connectivity index (χ2v) is 6.03. The van der Waals surface area contributed by atoms with Crippen LogP contribution in [0.5, 0.6) is 5.75 Å². The van der Waals surface area contributed by atoms with Crippen molar-refractivity contribution >= 4 is 29.5 Å². The topological polar surface area (TPSA) is 9.23 Å². The van der Waals surface area contributed by atoms with Crippen LogP contribution >= 0.6 is 0 Å². The van der Waals surface area contributed by atoms with E-state index < -0.39 is 17.9 Å². The van der Waals surface area contributed by atoms with E-state index in [-0.39, 0.29) is 29.5 Å². The minimum Gasteiger partial charge on any atom is -0.497 e. The average molecular weight is 583 g/mol. The van der Waals surface area contributed by atoms with Crippen LogP contribution in [-0.2, 0) is 0 Å². The van der Waals surface area contributed by atoms with Gasteiger partial charge >= 0.3 is 12.4 Å². The zero-order valence-electron chi connectivity index (χ0n) is 19.8. The first-order valence-corrected chi connectivity index (χ1v) is 10.2. The second kappa shape index (κ2) is 23.8. The molecule has 0 heterocycles. The van der Waals surface area contributed by atoms with Crippen molar-refractivity contribution in [2.45, 2.75) is 71.6 Å². The normalized spacial score (nSPS) is 10.4. The molecule has 0 unspecified atom stereocenters. The van der Waals surface area contributed by atoms with Gasteiger partial charge in [0.2, 0.25) is 0 Å². The van der Waals surface area contributed by atoms with Crippen molar-refractivity contribution in [3.05, 3.63) is 56.7 Å². The molecule has 0 spiro atoms. The number of ether oxygens (including phenoxy) is 1. The summed E-state index contributed by atoms with van der Waals surface area (Å²) in [4.78, 5) is 0. The molecule has 0 fully saturated rings. The Bertz CT molecular complexity index is 623. The van der Waals surface area contributed by atoms with Gasteiger partial charge in [-0.15, -0.1) is 0 Å². The van der Waals surface area contributed by atoms with Crippen molar-refractivity contribution in [2.75, 3.05) is 7.11 Å². The third-order valence-electron chi connectivity index (χ3n) is 3.04. The van der Waals surface area contributed by atoms with E-state index >= 15 is 0 Å². The van der Waals surface area contributed by atoms with Crippen LogP contribution < -0.4 is 4.74 Å². The van der Waals surface area contributed by atoms with E-state index in [1.165, 1.54) is 44.4 Å². The van der Waals surface area contributed by atoms with Gasteiger partial charge in [0.05, 0.1) is 13.2 Å². The van der Waals surface area contributed by atoms with Gasteiger partial charge in [-0.1, -0.05) is 98.1 Å². The van der Waals surface area contributed by atoms with Crippen molar-refractivity contribution in [2.24, 2.45) is 0 Å². The third kappa shape index (κ3) is 30.7. The van der Waals surface area contributed by atoms with E-state index in [0.717, 1.165) is 43.4 Å². The van der Waals surface area contributed by atoms with E-state index in [9.17, 15) is 26.3 Å². The van der Waals surface area contributed by atoms with Crippen molar-refractivity contribution in [1.82, 2.24) is 0 Å². The molecule has 1 rings (SSSR count). The van der Waals surface area contributed by atoms with Crippen molar-refractivity contribution in [3.8, 4) is 17.6 Å². The standard InChI is InChI=1S/C13H7F6O.3C4H9.Sn/c1-20-11-4-2-9(3-5-11)10(8-13(17,18)19)6-7-12(14,15)16;3*1-3-4-2;/h2-5H,1H3;3*1,3-4H2,2H3;. The van der Waals surface area contributed by atoms with Crippen molar-refractivity contribution in [3.63, 3.8) is 0 Å². The number of unbranched alkanes of at least 4 members (excludes halogenated alkanes) is 3. The smallest absolute Gasteiger partial charge is 0.458 e. The molecule has 0 saturated heterocycles. The number of hydrogen-bond acceptors (Lipinski definition) is 1. The van der Waals surface area contributed by atoms with Gasteiger partial charge in [-0.3, -0.25) is 0 Å². The molecular formula is C25H34F6OSn. The van der Waals surface area contributed by atoms with E-state index in [1.54, 1.807) is 0 Å². The molecule has 0 N–H and O–H groups in total. The second-order valence-electron chi connectivity index (χ2n) is 6.03. The molecule has 0 aliphatic carbocycles. The zero-order chi connectivity index (χ0) is 25.6. The van der Waals surface area contributed by atoms with Gasteiger partial charge in [-0.05, 0) is 17.7 Å². The molecule has 0 atom stereocenters. The summed E-state index contributed by atoms with van der Waals surface area (Å²) in [6, 6.07) is 4.95. The number of methoxy groups -OCH3 is 1. The number of rotatable bonds is 5. The van der Waals surface area contributed by atoms with E-state index in [0.29, 0.717) is 5.75 Å². The summed E-state index contributed by atoms with van der Waals surface area (Å²) in [6.45, 7) is 17.2. The molecule has 0 aliphatic heterocycles. The fourth-order valence-corrected chi connectivity index (χ4v) is 1.21. The fourth-order valence-electron chi connectivity index (χ4n) is 1.21. The van der Waals surface area contributed by atoms with Crippen molar-refractivity contribution < 1.29 is 31.1 Å². The molecule has 33 heavy (non-hydrogen) atoms. The van der Waals surface area contributed by atoms with Crippen LogP contribution in [0.4, 0.5) is 26.3 Å². The van der Waals surface area contributed by atoms with Gasteiger partial charge in [-0.25, -0.2) is 0 Å². The molecular weight excluding hydrogens is 549 g/mol. The van der Waals surface area contributed by atoms with Gasteiger partial charge < -0.3 is 4.74 Å². The molecule has 8 heteroatoms. The summed E-state index contributed by atoms with van der Waals surface area (Å²) in [7, 11) is 1.34. The van der Waals surface area contributed by atoms with Gasteiger partial charge in [0, 0.05) is 35.4 Å². The first kappa shape index (κ1) is 38.9. The minimum absolute atomic E-state index is 0. The van der Waals surface area contributed by atoms with Crippen LogP contribution in [-0.4, -0.2) is 43.4 Å². The minimum atomic E-state index is -4.89. The van der Waals surface area contributed by atoms with E-state index in [2.05, 4.69) is 41.5 Å². The SMILES string of the molecule is COc1ccc(C(=[C]C(F)(F)F)C#CC(F)(F)F)cc1.[CH2]CCC.[CH2]CCC.[CH2]CCC.[Sn]. The Balaban J connectivity index is -0.000000268. The Morgan fingerprint density at radius 1 is 0.788 bits per heavy atom. The number of allylic oxidation sites excluding steroid dienone is 2. The Morgan fingerprint density at radius 3 is 1.39 bits per heavy atom. The molecule has 0 amide bonds. The number of halogens is 6. The van der Waals surface area contributed by atoms with Crippen LogP contribution in [0.3, 0.4) is 0 Å². The predicted molar refractivity (Wildman–Crippen MR) is 126 cm³/mol. The maximum atomic E-state index is 12.3. The monoisotopic (exact) mass is 584 g/mol. The van der Waals surface area contributed by atoms with Crippen LogP contribution in [0, 0.1) is 38.7 Å². The van der Waals surface area contributed by atoms with E-state index in [1.807, 2.05) is 0 Å². The van der Waals surface area contributed by atoms with Gasteiger partial charge in [0.1, 0.15) is 5.75 Å². The number of benzene rings is 1. The van der Waals surface area contributed by atoms with Gasteiger partial charge in [0.25, 0.3) is 0 Å². The van der Waals surface area contributed by atoms with Gasteiger partial charge in [0.15, 0.2) is 0 Å². The van der Waals surface area contributed by atoms with Crippen LogP contribution in [0.2, 0.25) is 0 Å². The maximum Gasteiger partial charge on any atom is 0.458 e. The van der Waals surface area contributed by atoms with Crippen LogP contribution in [0.1, 0.15) is 64.9 Å². The molecule has 1 aromatic rings. The molecule has 1 nitrogen and oxygen atoms in total. The molecule has 0 aromatic heterocycles. The summed E-state index contributed by atoms with van der Waals surface area (Å²) in [5.74, 6) is 2.58. The molecule has 1 aromatic carbocycles.